The van der Waals surface area contributed by atoms with Gasteiger partial charge in [0.15, 0.2) is 0 Å². The molecule has 0 saturated carbocycles. The van der Waals surface area contributed by atoms with E-state index in [2.05, 4.69) is 0 Å². The van der Waals surface area contributed by atoms with Gasteiger partial charge in [0, 0.05) is 18.7 Å². The minimum Gasteiger partial charge on any atom is -0.306 e. The smallest absolute Gasteiger partial charge is 0.306 e. The molecule has 14 heteroatoms. The summed E-state index contributed by atoms with van der Waals surface area (Å²) in [6, 6.07) is 1.68. The zero-order valence-electron chi connectivity index (χ0n) is 18.4. The highest BCUT2D eigenvalue weighted by molar-refractivity contribution is 7.90. The predicted octanol–water partition coefficient (Wildman–Crippen LogP) is 1.16. The Morgan fingerprint density at radius 3 is 2.24 bits per heavy atom. The minimum atomic E-state index is -5.01. The molecule has 0 atom stereocenters. The standard InChI is InChI=1S/C20H22F4N4O5S/c1-11-8-14(21)15(28-17(29)10-16(20(22,23)24)27(3)19(28)31)9-13(11)18(30)25-34(32,33)12-4-6-26(2)7-5-12/h8-10,12H,4-7H2,1-3H3,(H,25,30). The third-order valence-corrected chi connectivity index (χ3v) is 7.55. The van der Waals surface area contributed by atoms with E-state index in [-0.39, 0.29) is 26.3 Å². The van der Waals surface area contributed by atoms with Crippen LogP contribution in [0, 0.1) is 12.7 Å². The second kappa shape index (κ2) is 8.98. The summed E-state index contributed by atoms with van der Waals surface area (Å²) in [6.07, 6.45) is -4.42. The first-order valence-corrected chi connectivity index (χ1v) is 11.6. The van der Waals surface area contributed by atoms with Gasteiger partial charge in [-0.25, -0.2) is 26.9 Å². The number of rotatable bonds is 4. The lowest BCUT2D eigenvalue weighted by Crippen LogP contribution is -2.44. The topological polar surface area (TPSA) is 110 Å². The molecule has 1 N–H and O–H groups in total. The van der Waals surface area contributed by atoms with Crippen molar-refractivity contribution in [2.24, 2.45) is 7.05 Å². The van der Waals surface area contributed by atoms with E-state index in [9.17, 15) is 40.4 Å². The van der Waals surface area contributed by atoms with Crippen molar-refractivity contribution < 1.29 is 30.8 Å². The van der Waals surface area contributed by atoms with Crippen LogP contribution in [0.2, 0.25) is 0 Å². The molecule has 3 rings (SSSR count). The second-order valence-corrected chi connectivity index (χ2v) is 10.1. The van der Waals surface area contributed by atoms with Gasteiger partial charge in [-0.05, 0) is 57.6 Å². The van der Waals surface area contributed by atoms with Gasteiger partial charge in [0.25, 0.3) is 11.5 Å². The molecule has 1 amide bonds. The maximum Gasteiger partial charge on any atom is 0.431 e. The lowest BCUT2D eigenvalue weighted by Gasteiger charge is -2.28. The molecular formula is C20H22F4N4O5S. The number of carbonyl (C=O) groups is 1. The number of aromatic nitrogens is 2. The Balaban J connectivity index is 2.04. The minimum absolute atomic E-state index is 0.00545. The van der Waals surface area contributed by atoms with Gasteiger partial charge in [-0.1, -0.05) is 0 Å². The fourth-order valence-corrected chi connectivity index (χ4v) is 5.13. The van der Waals surface area contributed by atoms with Crippen LogP contribution in [-0.4, -0.2) is 53.7 Å². The molecule has 0 radical (unpaired) electrons. The second-order valence-electron chi connectivity index (χ2n) is 8.14. The monoisotopic (exact) mass is 506 g/mol. The van der Waals surface area contributed by atoms with Gasteiger partial charge >= 0.3 is 11.9 Å². The number of nitrogens with one attached hydrogen (secondary N) is 1. The van der Waals surface area contributed by atoms with Crippen molar-refractivity contribution in [3.05, 3.63) is 61.7 Å². The fourth-order valence-electron chi connectivity index (χ4n) is 3.76. The number of hydrogen-bond acceptors (Lipinski definition) is 6. The quantitative estimate of drug-likeness (QED) is 0.624. The number of piperidine rings is 1. The normalized spacial score (nSPS) is 16.0. The largest absolute Gasteiger partial charge is 0.431 e. The molecule has 1 aliphatic rings. The van der Waals surface area contributed by atoms with Gasteiger partial charge in [0.1, 0.15) is 11.5 Å². The molecule has 1 aromatic carbocycles. The Hall–Kier alpha value is -3.00. The molecule has 0 aliphatic carbocycles. The molecule has 2 heterocycles. The number of nitrogens with zero attached hydrogens (tertiary/aromatic N) is 3. The molecule has 0 spiro atoms. The Bertz CT molecular complexity index is 1360. The van der Waals surface area contributed by atoms with Crippen molar-refractivity contribution in [3.8, 4) is 5.69 Å². The van der Waals surface area contributed by atoms with Crippen LogP contribution in [0.1, 0.15) is 34.5 Å². The molecule has 2 aromatic rings. The summed E-state index contributed by atoms with van der Waals surface area (Å²) < 4.78 is 81.5. The van der Waals surface area contributed by atoms with E-state index >= 15 is 0 Å². The van der Waals surface area contributed by atoms with Crippen molar-refractivity contribution in [1.29, 1.82) is 0 Å². The van der Waals surface area contributed by atoms with Crippen LogP contribution in [0.3, 0.4) is 0 Å². The number of amides is 1. The molecule has 1 saturated heterocycles. The summed E-state index contributed by atoms with van der Waals surface area (Å²) in [6.45, 7) is 2.33. The lowest BCUT2D eigenvalue weighted by molar-refractivity contribution is -0.144. The SMILES string of the molecule is Cc1cc(F)c(-n2c(=O)cc(C(F)(F)F)n(C)c2=O)cc1C(=O)NS(=O)(=O)C1CCN(C)CC1. The zero-order valence-corrected chi connectivity index (χ0v) is 19.3. The Morgan fingerprint density at radius 1 is 1.09 bits per heavy atom. The van der Waals surface area contributed by atoms with Crippen LogP contribution in [0.4, 0.5) is 17.6 Å². The van der Waals surface area contributed by atoms with E-state index in [0.717, 1.165) is 19.2 Å². The van der Waals surface area contributed by atoms with Gasteiger partial charge < -0.3 is 4.90 Å². The third kappa shape index (κ3) is 4.92. The summed E-state index contributed by atoms with van der Waals surface area (Å²) in [7, 11) is -1.49. The molecule has 186 valence electrons. The summed E-state index contributed by atoms with van der Waals surface area (Å²) in [5, 5.41) is -0.822. The van der Waals surface area contributed by atoms with Crippen LogP contribution >= 0.6 is 0 Å². The molecular weight excluding hydrogens is 484 g/mol. The van der Waals surface area contributed by atoms with Crippen LogP contribution in [0.15, 0.2) is 27.8 Å². The zero-order chi connectivity index (χ0) is 25.6. The van der Waals surface area contributed by atoms with E-state index in [1.165, 1.54) is 6.92 Å². The van der Waals surface area contributed by atoms with Crippen LogP contribution in [0.5, 0.6) is 0 Å². The number of benzene rings is 1. The van der Waals surface area contributed by atoms with E-state index in [1.807, 2.05) is 16.7 Å². The molecule has 1 aliphatic heterocycles. The molecule has 1 fully saturated rings. The predicted molar refractivity (Wildman–Crippen MR) is 114 cm³/mol. The maximum atomic E-state index is 14.7. The summed E-state index contributed by atoms with van der Waals surface area (Å²) in [4.78, 5) is 39.5. The Kier molecular flexibility index (Phi) is 6.77. The number of hydrogen-bond donors (Lipinski definition) is 1. The van der Waals surface area contributed by atoms with E-state index in [1.54, 1.807) is 0 Å². The van der Waals surface area contributed by atoms with Gasteiger partial charge in [0.2, 0.25) is 10.0 Å². The fraction of sp³-hybridized carbons (Fsp3) is 0.450. The van der Waals surface area contributed by atoms with E-state index in [0.29, 0.717) is 25.9 Å². The maximum absolute atomic E-state index is 14.7. The summed E-state index contributed by atoms with van der Waals surface area (Å²) in [5.74, 6) is -2.28. The van der Waals surface area contributed by atoms with Crippen molar-refractivity contribution >= 4 is 15.9 Å². The Labute approximate surface area is 191 Å². The molecule has 0 unspecified atom stereocenters. The lowest BCUT2D eigenvalue weighted by atomic mass is 10.1. The highest BCUT2D eigenvalue weighted by atomic mass is 32.2. The average Bonchev–Trinajstić information content (AvgIpc) is 2.71. The molecule has 34 heavy (non-hydrogen) atoms. The number of aryl methyl sites for hydroxylation is 1. The molecule has 1 aromatic heterocycles. The number of sulfonamides is 1. The number of carbonyl (C=O) groups excluding carboxylic acids is 1. The first-order chi connectivity index (χ1) is 15.6. The number of alkyl halides is 3. The van der Waals surface area contributed by atoms with E-state index < -0.39 is 55.8 Å². The summed E-state index contributed by atoms with van der Waals surface area (Å²) in [5.41, 5.74) is -5.65. The highest BCUT2D eigenvalue weighted by Gasteiger charge is 2.35. The van der Waals surface area contributed by atoms with Gasteiger partial charge in [-0.15, -0.1) is 0 Å². The third-order valence-electron chi connectivity index (χ3n) is 5.73. The van der Waals surface area contributed by atoms with Crippen molar-refractivity contribution in [3.63, 3.8) is 0 Å². The molecule has 9 nitrogen and oxygen atoms in total. The van der Waals surface area contributed by atoms with E-state index in [4.69, 9.17) is 0 Å². The number of likely N-dealkylation sites (tertiary alicyclic amines) is 1. The molecule has 0 bridgehead atoms. The van der Waals surface area contributed by atoms with Gasteiger partial charge in [-0.3, -0.25) is 14.2 Å². The first-order valence-electron chi connectivity index (χ1n) is 10.1. The first kappa shape index (κ1) is 25.6. The number of halogens is 4. The summed E-state index contributed by atoms with van der Waals surface area (Å²) >= 11 is 0. The van der Waals surface area contributed by atoms with Gasteiger partial charge in [0.05, 0.1) is 10.9 Å². The van der Waals surface area contributed by atoms with Crippen LogP contribution < -0.4 is 16.0 Å². The van der Waals surface area contributed by atoms with Gasteiger partial charge in [-0.2, -0.15) is 13.2 Å². The van der Waals surface area contributed by atoms with Crippen molar-refractivity contribution in [2.75, 3.05) is 20.1 Å². The van der Waals surface area contributed by atoms with Crippen LogP contribution in [-0.2, 0) is 23.2 Å². The van der Waals surface area contributed by atoms with Crippen molar-refractivity contribution in [1.82, 2.24) is 18.8 Å². The Morgan fingerprint density at radius 2 is 1.68 bits per heavy atom. The average molecular weight is 506 g/mol. The highest BCUT2D eigenvalue weighted by Crippen LogP contribution is 2.27. The van der Waals surface area contributed by atoms with Crippen molar-refractivity contribution in [2.45, 2.75) is 31.2 Å². The van der Waals surface area contributed by atoms with Crippen LogP contribution in [0.25, 0.3) is 5.69 Å².